The van der Waals surface area contributed by atoms with Crippen LogP contribution in [0.5, 0.6) is 5.75 Å². The molecule has 0 saturated carbocycles. The number of imidazole rings is 1. The van der Waals surface area contributed by atoms with Crippen molar-refractivity contribution in [3.05, 3.63) is 39.3 Å². The maximum Gasteiger partial charge on any atom is 0.201 e. The zero-order valence-electron chi connectivity index (χ0n) is 12.1. The van der Waals surface area contributed by atoms with Crippen LogP contribution in [-0.2, 0) is 6.54 Å². The van der Waals surface area contributed by atoms with E-state index in [0.29, 0.717) is 18.0 Å². The van der Waals surface area contributed by atoms with E-state index < -0.39 is 5.82 Å². The molecule has 110 valence electrons. The first-order chi connectivity index (χ1) is 9.99. The number of halogens is 1. The highest BCUT2D eigenvalue weighted by molar-refractivity contribution is 7.12. The minimum Gasteiger partial charge on any atom is -0.494 e. The van der Waals surface area contributed by atoms with Crippen LogP contribution < -0.4 is 10.5 Å². The van der Waals surface area contributed by atoms with Crippen molar-refractivity contribution in [3.63, 3.8) is 0 Å². The highest BCUT2D eigenvalue weighted by atomic mass is 32.1. The second-order valence-corrected chi connectivity index (χ2v) is 6.32. The van der Waals surface area contributed by atoms with Crippen LogP contribution in [0.25, 0.3) is 11.0 Å². The van der Waals surface area contributed by atoms with Gasteiger partial charge in [0.05, 0.1) is 24.7 Å². The summed E-state index contributed by atoms with van der Waals surface area (Å²) in [6, 6.07) is 5.14. The number of benzene rings is 1. The summed E-state index contributed by atoms with van der Waals surface area (Å²) in [7, 11) is 1.44. The molecular weight excluding hydrogens is 289 g/mol. The van der Waals surface area contributed by atoms with Gasteiger partial charge in [0.25, 0.3) is 0 Å². The van der Waals surface area contributed by atoms with Crippen LogP contribution in [0.1, 0.15) is 15.3 Å². The number of fused-ring (bicyclic) bond motifs is 1. The molecule has 0 bridgehead atoms. The Morgan fingerprint density at radius 3 is 2.71 bits per heavy atom. The van der Waals surface area contributed by atoms with Gasteiger partial charge in [0.1, 0.15) is 0 Å². The summed E-state index contributed by atoms with van der Waals surface area (Å²) in [6.45, 7) is 4.80. The number of hydrogen-bond donors (Lipinski definition) is 1. The maximum atomic E-state index is 13.7. The number of methoxy groups -OCH3 is 1. The van der Waals surface area contributed by atoms with Crippen molar-refractivity contribution in [1.82, 2.24) is 9.55 Å². The molecule has 0 amide bonds. The molecular formula is C15H16FN3OS. The van der Waals surface area contributed by atoms with Crippen molar-refractivity contribution in [1.29, 1.82) is 0 Å². The van der Waals surface area contributed by atoms with Crippen LogP contribution in [0.3, 0.4) is 0 Å². The molecule has 21 heavy (non-hydrogen) atoms. The lowest BCUT2D eigenvalue weighted by molar-refractivity contribution is 0.387. The normalized spacial score (nSPS) is 11.2. The molecule has 1 aromatic carbocycles. The minimum absolute atomic E-state index is 0.196. The number of thiophene rings is 1. The van der Waals surface area contributed by atoms with Gasteiger partial charge in [-0.1, -0.05) is 0 Å². The van der Waals surface area contributed by atoms with E-state index in [1.165, 1.54) is 28.5 Å². The molecule has 0 atom stereocenters. The lowest BCUT2D eigenvalue weighted by Gasteiger charge is -2.06. The largest absolute Gasteiger partial charge is 0.494 e. The molecule has 0 spiro atoms. The van der Waals surface area contributed by atoms with Gasteiger partial charge in [0.2, 0.25) is 5.95 Å². The van der Waals surface area contributed by atoms with Crippen LogP contribution in [0.15, 0.2) is 18.2 Å². The molecule has 3 aromatic rings. The highest BCUT2D eigenvalue weighted by Gasteiger charge is 2.14. The summed E-state index contributed by atoms with van der Waals surface area (Å²) in [5.41, 5.74) is 8.56. The molecule has 2 heterocycles. The highest BCUT2D eigenvalue weighted by Crippen LogP contribution is 2.28. The molecule has 2 N–H and O–H groups in total. The Labute approximate surface area is 126 Å². The van der Waals surface area contributed by atoms with Gasteiger partial charge < -0.3 is 15.0 Å². The zero-order valence-corrected chi connectivity index (χ0v) is 12.9. The smallest absolute Gasteiger partial charge is 0.201 e. The fraction of sp³-hybridized carbons (Fsp3) is 0.267. The number of anilines is 1. The van der Waals surface area contributed by atoms with Gasteiger partial charge in [0.15, 0.2) is 11.6 Å². The van der Waals surface area contributed by atoms with Crippen LogP contribution in [0, 0.1) is 19.7 Å². The van der Waals surface area contributed by atoms with Crippen molar-refractivity contribution >= 4 is 28.3 Å². The lowest BCUT2D eigenvalue weighted by Crippen LogP contribution is -2.03. The van der Waals surface area contributed by atoms with E-state index >= 15 is 0 Å². The van der Waals surface area contributed by atoms with Crippen molar-refractivity contribution in [2.24, 2.45) is 0 Å². The minimum atomic E-state index is -0.433. The van der Waals surface area contributed by atoms with Gasteiger partial charge in [-0.25, -0.2) is 9.37 Å². The number of nitrogens with zero attached hydrogens (tertiary/aromatic N) is 2. The lowest BCUT2D eigenvalue weighted by atomic mass is 10.2. The fourth-order valence-electron chi connectivity index (χ4n) is 2.35. The SMILES string of the molecule is COc1cc2c(cc1F)nc(N)n2Cc1cc(C)c(C)s1. The van der Waals surface area contributed by atoms with Crippen LogP contribution >= 0.6 is 11.3 Å². The van der Waals surface area contributed by atoms with Gasteiger partial charge in [0, 0.05) is 21.9 Å². The molecule has 0 saturated heterocycles. The van der Waals surface area contributed by atoms with Gasteiger partial charge in [-0.3, -0.25) is 0 Å². The molecule has 6 heteroatoms. The van der Waals surface area contributed by atoms with Crippen molar-refractivity contribution in [3.8, 4) is 5.75 Å². The standard InChI is InChI=1S/C15H16FN3OS/c1-8-4-10(21-9(8)2)7-19-13-6-14(20-3)11(16)5-12(13)18-15(19)17/h4-6H,7H2,1-3H3,(H2,17,18). The molecule has 0 unspecified atom stereocenters. The number of hydrogen-bond acceptors (Lipinski definition) is 4. The Morgan fingerprint density at radius 2 is 2.10 bits per heavy atom. The molecule has 0 radical (unpaired) electrons. The number of rotatable bonds is 3. The Hall–Kier alpha value is -2.08. The molecule has 0 fully saturated rings. The Balaban J connectivity index is 2.10. The number of aryl methyl sites for hydroxylation is 2. The van der Waals surface area contributed by atoms with E-state index in [1.54, 1.807) is 17.4 Å². The van der Waals surface area contributed by atoms with Gasteiger partial charge in [-0.2, -0.15) is 0 Å². The average molecular weight is 305 g/mol. The summed E-state index contributed by atoms with van der Waals surface area (Å²) in [5, 5.41) is 0. The second-order valence-electron chi connectivity index (χ2n) is 4.98. The van der Waals surface area contributed by atoms with Crippen LogP contribution in [0.2, 0.25) is 0 Å². The third kappa shape index (κ3) is 2.35. The number of nitrogens with two attached hydrogens (primary N) is 1. The van der Waals surface area contributed by atoms with Gasteiger partial charge >= 0.3 is 0 Å². The second kappa shape index (κ2) is 5.04. The molecule has 3 rings (SSSR count). The number of ether oxygens (including phenoxy) is 1. The first-order valence-corrected chi connectivity index (χ1v) is 7.36. The third-order valence-electron chi connectivity index (χ3n) is 3.58. The Bertz CT molecular complexity index is 803. The third-order valence-corrected chi connectivity index (χ3v) is 4.72. The topological polar surface area (TPSA) is 53.1 Å². The number of nitrogen functional groups attached to an aromatic ring is 1. The summed E-state index contributed by atoms with van der Waals surface area (Å²) >= 11 is 1.73. The van der Waals surface area contributed by atoms with E-state index in [1.807, 2.05) is 4.57 Å². The average Bonchev–Trinajstić information content (AvgIpc) is 2.90. The van der Waals surface area contributed by atoms with Crippen molar-refractivity contribution < 1.29 is 9.13 Å². The molecule has 2 aromatic heterocycles. The fourth-order valence-corrected chi connectivity index (χ4v) is 3.39. The van der Waals surface area contributed by atoms with Crippen molar-refractivity contribution in [2.75, 3.05) is 12.8 Å². The molecule has 0 aliphatic carbocycles. The Morgan fingerprint density at radius 1 is 1.33 bits per heavy atom. The summed E-state index contributed by atoms with van der Waals surface area (Å²) in [6.07, 6.45) is 0. The van der Waals surface area contributed by atoms with E-state index in [0.717, 1.165) is 5.52 Å². The molecule has 0 aliphatic rings. The monoisotopic (exact) mass is 305 g/mol. The maximum absolute atomic E-state index is 13.7. The van der Waals surface area contributed by atoms with E-state index in [-0.39, 0.29) is 5.75 Å². The van der Waals surface area contributed by atoms with Crippen molar-refractivity contribution in [2.45, 2.75) is 20.4 Å². The van der Waals surface area contributed by atoms with E-state index in [9.17, 15) is 4.39 Å². The number of aromatic nitrogens is 2. The predicted octanol–water partition coefficient (Wildman–Crippen LogP) is 3.49. The zero-order chi connectivity index (χ0) is 15.1. The first kappa shape index (κ1) is 13.9. The molecule has 4 nitrogen and oxygen atoms in total. The quantitative estimate of drug-likeness (QED) is 0.806. The predicted molar refractivity (Wildman–Crippen MR) is 83.6 cm³/mol. The van der Waals surface area contributed by atoms with E-state index in [2.05, 4.69) is 24.9 Å². The van der Waals surface area contributed by atoms with Gasteiger partial charge in [-0.15, -0.1) is 11.3 Å². The molecule has 0 aliphatic heterocycles. The van der Waals surface area contributed by atoms with Crippen LogP contribution in [0.4, 0.5) is 10.3 Å². The summed E-state index contributed by atoms with van der Waals surface area (Å²) < 4.78 is 20.6. The van der Waals surface area contributed by atoms with Crippen LogP contribution in [-0.4, -0.2) is 16.7 Å². The summed E-state index contributed by atoms with van der Waals surface area (Å²) in [4.78, 5) is 6.71. The first-order valence-electron chi connectivity index (χ1n) is 6.54. The Kier molecular flexibility index (Phi) is 3.33. The van der Waals surface area contributed by atoms with E-state index in [4.69, 9.17) is 10.5 Å². The van der Waals surface area contributed by atoms with Gasteiger partial charge in [-0.05, 0) is 25.5 Å². The summed E-state index contributed by atoms with van der Waals surface area (Å²) in [5.74, 6) is 0.140.